The molecule has 0 bridgehead atoms. The summed E-state index contributed by atoms with van der Waals surface area (Å²) in [6.45, 7) is 9.22. The Kier molecular flexibility index (Phi) is 6.65. The molecule has 0 radical (unpaired) electrons. The monoisotopic (exact) mass is 294 g/mol. The highest BCUT2D eigenvalue weighted by Gasteiger charge is 2.30. The van der Waals surface area contributed by atoms with Crippen LogP contribution >= 0.6 is 0 Å². The minimum Gasteiger partial charge on any atom is -0.496 e. The normalized spacial score (nSPS) is 15.0. The van der Waals surface area contributed by atoms with Crippen molar-refractivity contribution in [1.82, 2.24) is 4.90 Å². The molecule has 21 heavy (non-hydrogen) atoms. The lowest BCUT2D eigenvalue weighted by molar-refractivity contribution is 0.0170. The van der Waals surface area contributed by atoms with Gasteiger partial charge in [-0.25, -0.2) is 0 Å². The highest BCUT2D eigenvalue weighted by Crippen LogP contribution is 2.32. The molecule has 0 aromatic heterocycles. The highest BCUT2D eigenvalue weighted by atomic mass is 16.5. The van der Waals surface area contributed by atoms with Gasteiger partial charge in [0.25, 0.3) is 0 Å². The molecule has 0 aliphatic rings. The molecule has 1 aromatic rings. The van der Waals surface area contributed by atoms with Crippen LogP contribution in [-0.4, -0.2) is 41.8 Å². The average Bonchev–Trinajstić information content (AvgIpc) is 2.45. The van der Waals surface area contributed by atoms with Gasteiger partial charge in [-0.3, -0.25) is 4.90 Å². The fraction of sp³-hybridized carbons (Fsp3) is 0.647. The zero-order valence-electron chi connectivity index (χ0n) is 14.0. The number of para-hydroxylation sites is 1. The first-order valence-electron chi connectivity index (χ1n) is 7.69. The van der Waals surface area contributed by atoms with Gasteiger partial charge in [0.1, 0.15) is 5.75 Å². The van der Waals surface area contributed by atoms with E-state index in [1.165, 1.54) is 0 Å². The fourth-order valence-corrected chi connectivity index (χ4v) is 2.74. The van der Waals surface area contributed by atoms with Crippen LogP contribution in [0.3, 0.4) is 0 Å². The van der Waals surface area contributed by atoms with Gasteiger partial charge in [0.2, 0.25) is 0 Å². The average molecular weight is 294 g/mol. The summed E-state index contributed by atoms with van der Waals surface area (Å²) in [5, 5.41) is 10.2. The third-order valence-electron chi connectivity index (χ3n) is 3.72. The molecule has 4 heteroatoms. The first kappa shape index (κ1) is 18.0. The largest absolute Gasteiger partial charge is 0.496 e. The maximum absolute atomic E-state index is 10.2. The molecule has 0 spiro atoms. The zero-order valence-corrected chi connectivity index (χ0v) is 14.0. The minimum atomic E-state index is -0.760. The quantitative estimate of drug-likeness (QED) is 0.773. The van der Waals surface area contributed by atoms with Crippen LogP contribution < -0.4 is 10.5 Å². The van der Waals surface area contributed by atoms with E-state index in [1.54, 1.807) is 7.11 Å². The number of aliphatic hydroxyl groups is 1. The van der Waals surface area contributed by atoms with Crippen molar-refractivity contribution in [3.8, 4) is 5.75 Å². The summed E-state index contributed by atoms with van der Waals surface area (Å²) in [5.74, 6) is 0.848. The van der Waals surface area contributed by atoms with Crippen molar-refractivity contribution in [2.45, 2.75) is 51.8 Å². The number of hydrogen-bond donors (Lipinski definition) is 2. The molecule has 0 aliphatic carbocycles. The summed E-state index contributed by atoms with van der Waals surface area (Å²) < 4.78 is 5.50. The molecule has 2 atom stereocenters. The minimum absolute atomic E-state index is 0.0106. The van der Waals surface area contributed by atoms with Gasteiger partial charge in [0.15, 0.2) is 0 Å². The molecular formula is C17H30N2O2. The van der Waals surface area contributed by atoms with Crippen LogP contribution in [-0.2, 0) is 0 Å². The van der Waals surface area contributed by atoms with Crippen molar-refractivity contribution in [2.75, 3.05) is 20.2 Å². The van der Waals surface area contributed by atoms with Crippen LogP contribution in [0, 0.1) is 0 Å². The molecular weight excluding hydrogens is 264 g/mol. The van der Waals surface area contributed by atoms with Gasteiger partial charge in [-0.05, 0) is 32.9 Å². The van der Waals surface area contributed by atoms with E-state index in [1.807, 2.05) is 32.0 Å². The Morgan fingerprint density at radius 1 is 1.29 bits per heavy atom. The van der Waals surface area contributed by atoms with Crippen molar-refractivity contribution in [3.63, 3.8) is 0 Å². The first-order chi connectivity index (χ1) is 9.84. The van der Waals surface area contributed by atoms with Crippen LogP contribution in [0.1, 0.15) is 45.7 Å². The number of methoxy groups -OCH3 is 1. The Bertz CT molecular complexity index is 429. The Hall–Kier alpha value is -1.10. The summed E-state index contributed by atoms with van der Waals surface area (Å²) in [4.78, 5) is 2.23. The van der Waals surface area contributed by atoms with Crippen LogP contribution in [0.2, 0.25) is 0 Å². The van der Waals surface area contributed by atoms with E-state index in [-0.39, 0.29) is 12.1 Å². The molecule has 0 heterocycles. The van der Waals surface area contributed by atoms with E-state index in [0.29, 0.717) is 6.54 Å². The van der Waals surface area contributed by atoms with Crippen molar-refractivity contribution in [2.24, 2.45) is 5.73 Å². The molecule has 1 rings (SSSR count). The third-order valence-corrected chi connectivity index (χ3v) is 3.72. The number of likely N-dealkylation sites (N-methyl/N-ethyl adjacent to an activating group) is 1. The second-order valence-electron chi connectivity index (χ2n) is 6.13. The number of benzene rings is 1. The van der Waals surface area contributed by atoms with E-state index in [9.17, 15) is 5.11 Å². The predicted molar refractivity (Wildman–Crippen MR) is 87.5 cm³/mol. The molecule has 0 saturated heterocycles. The van der Waals surface area contributed by atoms with Crippen molar-refractivity contribution in [1.29, 1.82) is 0 Å². The number of hydrogen-bond acceptors (Lipinski definition) is 4. The number of nitrogens with two attached hydrogens (primary N) is 1. The lowest BCUT2D eigenvalue weighted by Gasteiger charge is -2.38. The molecule has 1 aromatic carbocycles. The molecule has 2 unspecified atom stereocenters. The summed E-state index contributed by atoms with van der Waals surface area (Å²) in [6, 6.07) is 8.01. The number of ether oxygens (including phenoxy) is 1. The third kappa shape index (κ3) is 4.99. The molecule has 0 fully saturated rings. The van der Waals surface area contributed by atoms with Gasteiger partial charge < -0.3 is 15.6 Å². The fourth-order valence-electron chi connectivity index (χ4n) is 2.74. The van der Waals surface area contributed by atoms with Gasteiger partial charge in [-0.15, -0.1) is 0 Å². The van der Waals surface area contributed by atoms with Crippen molar-refractivity contribution in [3.05, 3.63) is 29.8 Å². The van der Waals surface area contributed by atoms with Gasteiger partial charge >= 0.3 is 0 Å². The maximum atomic E-state index is 10.2. The van der Waals surface area contributed by atoms with Gasteiger partial charge in [-0.2, -0.15) is 0 Å². The van der Waals surface area contributed by atoms with Crippen LogP contribution in [0.5, 0.6) is 5.75 Å². The van der Waals surface area contributed by atoms with Crippen LogP contribution in [0.4, 0.5) is 0 Å². The van der Waals surface area contributed by atoms with Gasteiger partial charge in [0, 0.05) is 18.2 Å². The molecule has 3 N–H and O–H groups in total. The lowest BCUT2D eigenvalue weighted by atomic mass is 9.94. The Balaban J connectivity index is 3.21. The maximum Gasteiger partial charge on any atom is 0.123 e. The predicted octanol–water partition coefficient (Wildman–Crippen LogP) is 2.57. The summed E-state index contributed by atoms with van der Waals surface area (Å²) in [6.07, 6.45) is 0.866. The Labute approximate surface area is 128 Å². The summed E-state index contributed by atoms with van der Waals surface area (Å²) in [5.41, 5.74) is 6.71. The molecule has 4 nitrogen and oxygen atoms in total. The zero-order chi connectivity index (χ0) is 16.0. The molecule has 0 amide bonds. The van der Waals surface area contributed by atoms with E-state index in [4.69, 9.17) is 10.5 Å². The van der Waals surface area contributed by atoms with Crippen LogP contribution in [0.25, 0.3) is 0 Å². The number of rotatable bonds is 8. The van der Waals surface area contributed by atoms with E-state index >= 15 is 0 Å². The SMILES string of the molecule is CCC(N)C(c1ccccc1OC)N(CC)CC(C)(C)O. The molecule has 120 valence electrons. The van der Waals surface area contributed by atoms with Crippen molar-refractivity contribution < 1.29 is 9.84 Å². The second-order valence-corrected chi connectivity index (χ2v) is 6.13. The van der Waals surface area contributed by atoms with Gasteiger partial charge in [0.05, 0.1) is 18.8 Å². The smallest absolute Gasteiger partial charge is 0.123 e. The highest BCUT2D eigenvalue weighted by molar-refractivity contribution is 5.37. The Morgan fingerprint density at radius 3 is 2.38 bits per heavy atom. The molecule has 0 aliphatic heterocycles. The van der Waals surface area contributed by atoms with Gasteiger partial charge in [-0.1, -0.05) is 32.0 Å². The van der Waals surface area contributed by atoms with E-state index in [0.717, 1.165) is 24.3 Å². The lowest BCUT2D eigenvalue weighted by Crippen LogP contribution is -2.46. The second kappa shape index (κ2) is 7.78. The summed E-state index contributed by atoms with van der Waals surface area (Å²) in [7, 11) is 1.68. The van der Waals surface area contributed by atoms with E-state index < -0.39 is 5.60 Å². The van der Waals surface area contributed by atoms with Crippen molar-refractivity contribution >= 4 is 0 Å². The Morgan fingerprint density at radius 2 is 1.90 bits per heavy atom. The number of nitrogens with zero attached hydrogens (tertiary/aromatic N) is 1. The summed E-state index contributed by atoms with van der Waals surface area (Å²) >= 11 is 0. The first-order valence-corrected chi connectivity index (χ1v) is 7.69. The topological polar surface area (TPSA) is 58.7 Å². The van der Waals surface area contributed by atoms with Crippen LogP contribution in [0.15, 0.2) is 24.3 Å². The molecule has 0 saturated carbocycles. The van der Waals surface area contributed by atoms with E-state index in [2.05, 4.69) is 24.8 Å². The standard InChI is InChI=1S/C17H30N2O2/c1-6-14(18)16(19(7-2)12-17(3,4)20)13-10-8-9-11-15(13)21-5/h8-11,14,16,20H,6-7,12,18H2,1-5H3.